The molecule has 27 heavy (non-hydrogen) atoms. The summed E-state index contributed by atoms with van der Waals surface area (Å²) in [5.74, 6) is 0.707. The summed E-state index contributed by atoms with van der Waals surface area (Å²) in [6.45, 7) is 1.95. The maximum atomic E-state index is 13.0. The molecular weight excluding hydrogens is 334 g/mol. The molecule has 0 spiro atoms. The van der Waals surface area contributed by atoms with E-state index in [1.54, 1.807) is 0 Å². The van der Waals surface area contributed by atoms with Crippen LogP contribution in [0.25, 0.3) is 11.0 Å². The van der Waals surface area contributed by atoms with Crippen LogP contribution in [0.5, 0.6) is 0 Å². The molecule has 0 bridgehead atoms. The molecule has 1 atom stereocenters. The first kappa shape index (κ1) is 17.0. The third kappa shape index (κ3) is 3.22. The Labute approximate surface area is 158 Å². The van der Waals surface area contributed by atoms with E-state index in [1.807, 2.05) is 97.4 Å². The van der Waals surface area contributed by atoms with E-state index in [4.69, 9.17) is 4.98 Å². The SMILES string of the molecule is Cc1ccccc1C(=O)NC(c1ccccc1)c1nc2ccccc2n1C. The van der Waals surface area contributed by atoms with E-state index < -0.39 is 0 Å². The number of aryl methyl sites for hydroxylation is 2. The minimum atomic E-state index is -0.337. The van der Waals surface area contributed by atoms with Crippen LogP contribution in [0.1, 0.15) is 33.4 Å². The zero-order valence-corrected chi connectivity index (χ0v) is 15.4. The first-order valence-corrected chi connectivity index (χ1v) is 8.98. The van der Waals surface area contributed by atoms with Crippen molar-refractivity contribution < 1.29 is 4.79 Å². The minimum absolute atomic E-state index is 0.103. The van der Waals surface area contributed by atoms with Gasteiger partial charge in [0.15, 0.2) is 0 Å². The van der Waals surface area contributed by atoms with Crippen LogP contribution in [0.2, 0.25) is 0 Å². The predicted molar refractivity (Wildman–Crippen MR) is 108 cm³/mol. The number of amides is 1. The number of rotatable bonds is 4. The van der Waals surface area contributed by atoms with Crippen molar-refractivity contribution in [2.75, 3.05) is 0 Å². The topological polar surface area (TPSA) is 46.9 Å². The fourth-order valence-electron chi connectivity index (χ4n) is 3.40. The summed E-state index contributed by atoms with van der Waals surface area (Å²) in [7, 11) is 1.99. The highest BCUT2D eigenvalue weighted by Crippen LogP contribution is 2.25. The summed E-state index contributed by atoms with van der Waals surface area (Å²) in [6.07, 6.45) is 0. The molecule has 1 N–H and O–H groups in total. The highest BCUT2D eigenvalue weighted by molar-refractivity contribution is 5.96. The molecule has 4 rings (SSSR count). The second kappa shape index (κ2) is 7.08. The van der Waals surface area contributed by atoms with Gasteiger partial charge in [-0.3, -0.25) is 4.79 Å². The zero-order chi connectivity index (χ0) is 18.8. The molecule has 1 aromatic heterocycles. The number of nitrogens with zero attached hydrogens (tertiary/aromatic N) is 2. The summed E-state index contributed by atoms with van der Waals surface area (Å²) >= 11 is 0. The number of benzene rings is 3. The van der Waals surface area contributed by atoms with E-state index >= 15 is 0 Å². The number of imidazole rings is 1. The number of aromatic nitrogens is 2. The van der Waals surface area contributed by atoms with Crippen LogP contribution >= 0.6 is 0 Å². The monoisotopic (exact) mass is 355 g/mol. The molecule has 0 radical (unpaired) electrons. The van der Waals surface area contributed by atoms with E-state index in [9.17, 15) is 4.79 Å². The van der Waals surface area contributed by atoms with Crippen LogP contribution < -0.4 is 5.32 Å². The van der Waals surface area contributed by atoms with Gasteiger partial charge in [-0.1, -0.05) is 60.7 Å². The number of fused-ring (bicyclic) bond motifs is 1. The van der Waals surface area contributed by atoms with Crippen LogP contribution in [0.15, 0.2) is 78.9 Å². The fourth-order valence-corrected chi connectivity index (χ4v) is 3.40. The van der Waals surface area contributed by atoms with Gasteiger partial charge in [-0.15, -0.1) is 0 Å². The molecular formula is C23H21N3O. The van der Waals surface area contributed by atoms with Crippen LogP contribution in [-0.4, -0.2) is 15.5 Å². The number of hydrogen-bond donors (Lipinski definition) is 1. The lowest BCUT2D eigenvalue weighted by atomic mass is 10.0. The summed E-state index contributed by atoms with van der Waals surface area (Å²) in [5, 5.41) is 3.19. The van der Waals surface area contributed by atoms with E-state index in [1.165, 1.54) is 0 Å². The number of carbonyl (C=O) groups excluding carboxylic acids is 1. The van der Waals surface area contributed by atoms with Gasteiger partial charge in [0.25, 0.3) is 5.91 Å². The Hall–Kier alpha value is -3.40. The van der Waals surface area contributed by atoms with Crippen molar-refractivity contribution in [3.8, 4) is 0 Å². The number of carbonyl (C=O) groups is 1. The average molecular weight is 355 g/mol. The molecule has 0 saturated carbocycles. The van der Waals surface area contributed by atoms with E-state index in [0.717, 1.165) is 28.0 Å². The number of para-hydroxylation sites is 2. The van der Waals surface area contributed by atoms with Gasteiger partial charge in [0, 0.05) is 12.6 Å². The molecule has 0 aliphatic carbocycles. The molecule has 0 saturated heterocycles. The van der Waals surface area contributed by atoms with Gasteiger partial charge >= 0.3 is 0 Å². The van der Waals surface area contributed by atoms with E-state index in [0.29, 0.717) is 5.56 Å². The Bertz CT molecular complexity index is 1100. The Balaban J connectivity index is 1.79. The van der Waals surface area contributed by atoms with Gasteiger partial charge in [-0.25, -0.2) is 4.98 Å². The maximum absolute atomic E-state index is 13.0. The van der Waals surface area contributed by atoms with Crippen LogP contribution in [0.3, 0.4) is 0 Å². The second-order valence-corrected chi connectivity index (χ2v) is 6.65. The smallest absolute Gasteiger partial charge is 0.252 e. The predicted octanol–water partition coefficient (Wildman–Crippen LogP) is 4.40. The Morgan fingerprint density at radius 3 is 2.33 bits per heavy atom. The fraction of sp³-hybridized carbons (Fsp3) is 0.130. The van der Waals surface area contributed by atoms with Gasteiger partial charge in [0.05, 0.1) is 11.0 Å². The second-order valence-electron chi connectivity index (χ2n) is 6.65. The van der Waals surface area contributed by atoms with E-state index in [2.05, 4.69) is 5.32 Å². The first-order chi connectivity index (χ1) is 13.1. The molecule has 1 unspecified atom stereocenters. The standard InChI is InChI=1S/C23H21N3O/c1-16-10-6-7-13-18(16)23(27)25-21(17-11-4-3-5-12-17)22-24-19-14-8-9-15-20(19)26(22)2/h3-15,21H,1-2H3,(H,25,27). The molecule has 4 aromatic rings. The number of nitrogens with one attached hydrogen (secondary N) is 1. The largest absolute Gasteiger partial charge is 0.338 e. The quantitative estimate of drug-likeness (QED) is 0.590. The summed E-state index contributed by atoms with van der Waals surface area (Å²) in [4.78, 5) is 17.8. The van der Waals surface area contributed by atoms with Crippen molar-refractivity contribution in [2.45, 2.75) is 13.0 Å². The molecule has 4 nitrogen and oxygen atoms in total. The lowest BCUT2D eigenvalue weighted by Gasteiger charge is -2.20. The van der Waals surface area contributed by atoms with Crippen LogP contribution in [0, 0.1) is 6.92 Å². The Morgan fingerprint density at radius 1 is 0.926 bits per heavy atom. The molecule has 4 heteroatoms. The minimum Gasteiger partial charge on any atom is -0.338 e. The molecule has 0 aliphatic heterocycles. The van der Waals surface area contributed by atoms with Crippen LogP contribution in [-0.2, 0) is 7.05 Å². The number of hydrogen-bond acceptors (Lipinski definition) is 2. The third-order valence-electron chi connectivity index (χ3n) is 4.88. The lowest BCUT2D eigenvalue weighted by Crippen LogP contribution is -2.31. The van der Waals surface area contributed by atoms with Gasteiger partial charge < -0.3 is 9.88 Å². The van der Waals surface area contributed by atoms with Crippen molar-refractivity contribution >= 4 is 16.9 Å². The van der Waals surface area contributed by atoms with E-state index in [-0.39, 0.29) is 11.9 Å². The summed E-state index contributed by atoms with van der Waals surface area (Å²) < 4.78 is 2.05. The average Bonchev–Trinajstić information content (AvgIpc) is 3.04. The Morgan fingerprint density at radius 2 is 1.59 bits per heavy atom. The van der Waals surface area contributed by atoms with Gasteiger partial charge in [-0.2, -0.15) is 0 Å². The summed E-state index contributed by atoms with van der Waals surface area (Å²) in [5.41, 5.74) is 4.58. The van der Waals surface area contributed by atoms with Crippen molar-refractivity contribution in [2.24, 2.45) is 7.05 Å². The molecule has 134 valence electrons. The van der Waals surface area contributed by atoms with Crippen LogP contribution in [0.4, 0.5) is 0 Å². The van der Waals surface area contributed by atoms with Gasteiger partial charge in [0.2, 0.25) is 0 Å². The summed E-state index contributed by atoms with van der Waals surface area (Å²) in [6, 6.07) is 25.2. The van der Waals surface area contributed by atoms with Gasteiger partial charge in [0.1, 0.15) is 11.9 Å². The van der Waals surface area contributed by atoms with Crippen molar-refractivity contribution in [3.05, 3.63) is 101 Å². The zero-order valence-electron chi connectivity index (χ0n) is 15.4. The first-order valence-electron chi connectivity index (χ1n) is 8.98. The molecule has 1 amide bonds. The van der Waals surface area contributed by atoms with Crippen molar-refractivity contribution in [1.29, 1.82) is 0 Å². The highest BCUT2D eigenvalue weighted by atomic mass is 16.1. The Kier molecular flexibility index (Phi) is 4.47. The normalized spacial score (nSPS) is 12.1. The van der Waals surface area contributed by atoms with Gasteiger partial charge in [-0.05, 0) is 36.2 Å². The highest BCUT2D eigenvalue weighted by Gasteiger charge is 2.23. The molecule has 3 aromatic carbocycles. The third-order valence-corrected chi connectivity index (χ3v) is 4.88. The van der Waals surface area contributed by atoms with Crippen molar-refractivity contribution in [1.82, 2.24) is 14.9 Å². The molecule has 0 aliphatic rings. The maximum Gasteiger partial charge on any atom is 0.252 e. The van der Waals surface area contributed by atoms with Crippen molar-refractivity contribution in [3.63, 3.8) is 0 Å². The lowest BCUT2D eigenvalue weighted by molar-refractivity contribution is 0.0940. The molecule has 1 heterocycles. The molecule has 0 fully saturated rings.